The number of pyridine rings is 2. The minimum atomic E-state index is -0.564. The lowest BCUT2D eigenvalue weighted by Gasteiger charge is -2.17. The van der Waals surface area contributed by atoms with Gasteiger partial charge in [-0.05, 0) is 30.9 Å². The number of carbonyl (C=O) groups is 1. The van der Waals surface area contributed by atoms with E-state index in [0.717, 1.165) is 5.56 Å². The van der Waals surface area contributed by atoms with Crippen LogP contribution in [-0.4, -0.2) is 16.6 Å². The minimum Gasteiger partial charge on any atom is -0.454 e. The molecule has 6 heteroatoms. The smallest absolute Gasteiger partial charge is 0.342 e. The number of ether oxygens (including phenoxy) is 1. The second kappa shape index (κ2) is 7.46. The van der Waals surface area contributed by atoms with Crippen LogP contribution in [0.3, 0.4) is 0 Å². The molecule has 26 heavy (non-hydrogen) atoms. The Bertz CT molecular complexity index is 1070. The molecule has 2 heterocycles. The molecule has 0 amide bonds. The maximum absolute atomic E-state index is 12.9. The number of hydrogen-bond acceptors (Lipinski definition) is 5. The standard InChI is InChI=1S/C20H16N2O3S/c1-13(14-8-4-3-5-9-14)25-20(24)17-16-10-6-7-11-22(16)19(23)15(12-21)18(17)26-2/h3-11,13H,1-2H3. The van der Waals surface area contributed by atoms with Crippen LogP contribution in [0.5, 0.6) is 0 Å². The average Bonchev–Trinajstić information content (AvgIpc) is 2.68. The first kappa shape index (κ1) is 17.8. The van der Waals surface area contributed by atoms with Crippen molar-refractivity contribution in [3.8, 4) is 6.07 Å². The lowest BCUT2D eigenvalue weighted by atomic mass is 10.1. The third-order valence-corrected chi connectivity index (χ3v) is 4.89. The summed E-state index contributed by atoms with van der Waals surface area (Å²) in [5.41, 5.74) is 1.02. The van der Waals surface area contributed by atoms with Crippen LogP contribution < -0.4 is 5.56 Å². The van der Waals surface area contributed by atoms with E-state index >= 15 is 0 Å². The molecule has 0 N–H and O–H groups in total. The van der Waals surface area contributed by atoms with Crippen molar-refractivity contribution in [1.29, 1.82) is 5.26 Å². The Morgan fingerprint density at radius 1 is 1.19 bits per heavy atom. The fraction of sp³-hybridized carbons (Fsp3) is 0.150. The monoisotopic (exact) mass is 364 g/mol. The number of benzene rings is 1. The van der Waals surface area contributed by atoms with Gasteiger partial charge in [-0.3, -0.25) is 9.20 Å². The van der Waals surface area contributed by atoms with Crippen molar-refractivity contribution in [2.45, 2.75) is 17.9 Å². The Hall–Kier alpha value is -3.04. The Balaban J connectivity index is 2.15. The van der Waals surface area contributed by atoms with Crippen LogP contribution in [-0.2, 0) is 4.74 Å². The van der Waals surface area contributed by atoms with Gasteiger partial charge in [-0.2, -0.15) is 5.26 Å². The van der Waals surface area contributed by atoms with E-state index in [1.165, 1.54) is 16.2 Å². The van der Waals surface area contributed by atoms with Crippen molar-refractivity contribution in [2.75, 3.05) is 6.26 Å². The number of hydrogen-bond donors (Lipinski definition) is 0. The van der Waals surface area contributed by atoms with Gasteiger partial charge >= 0.3 is 5.97 Å². The summed E-state index contributed by atoms with van der Waals surface area (Å²) >= 11 is 1.19. The summed E-state index contributed by atoms with van der Waals surface area (Å²) in [6, 6.07) is 16.4. The Labute approximate surface area is 154 Å². The molecule has 2 aromatic heterocycles. The molecule has 130 valence electrons. The van der Waals surface area contributed by atoms with Gasteiger partial charge in [0, 0.05) is 11.1 Å². The van der Waals surface area contributed by atoms with Gasteiger partial charge in [0.25, 0.3) is 5.56 Å². The Morgan fingerprint density at radius 3 is 2.54 bits per heavy atom. The zero-order valence-corrected chi connectivity index (χ0v) is 15.1. The van der Waals surface area contributed by atoms with E-state index in [2.05, 4.69) is 0 Å². The molecule has 3 rings (SSSR count). The number of thioether (sulfide) groups is 1. The number of fused-ring (bicyclic) bond motifs is 1. The minimum absolute atomic E-state index is 0.0551. The molecule has 0 spiro atoms. The highest BCUT2D eigenvalue weighted by Crippen LogP contribution is 2.29. The molecule has 0 aliphatic heterocycles. The highest BCUT2D eigenvalue weighted by Gasteiger charge is 2.25. The van der Waals surface area contributed by atoms with Gasteiger partial charge in [0.05, 0.1) is 11.1 Å². The summed E-state index contributed by atoms with van der Waals surface area (Å²) in [6.45, 7) is 1.79. The van der Waals surface area contributed by atoms with Crippen molar-refractivity contribution >= 4 is 23.2 Å². The summed E-state index contributed by atoms with van der Waals surface area (Å²) < 4.78 is 6.94. The van der Waals surface area contributed by atoms with E-state index in [-0.39, 0.29) is 11.1 Å². The van der Waals surface area contributed by atoms with Gasteiger partial charge in [-0.15, -0.1) is 11.8 Å². The van der Waals surface area contributed by atoms with Gasteiger partial charge in [0.15, 0.2) is 0 Å². The van der Waals surface area contributed by atoms with Crippen LogP contribution in [0.2, 0.25) is 0 Å². The third-order valence-electron chi connectivity index (χ3n) is 4.08. The number of esters is 1. The van der Waals surface area contributed by atoms with Crippen molar-refractivity contribution in [3.05, 3.63) is 81.8 Å². The fourth-order valence-electron chi connectivity index (χ4n) is 2.79. The van der Waals surface area contributed by atoms with Crippen molar-refractivity contribution in [3.63, 3.8) is 0 Å². The molecule has 3 aromatic rings. The number of carbonyl (C=O) groups excluding carboxylic acids is 1. The van der Waals surface area contributed by atoms with Gasteiger partial charge < -0.3 is 4.74 Å². The molecule has 0 radical (unpaired) electrons. The molecular weight excluding hydrogens is 348 g/mol. The zero-order valence-electron chi connectivity index (χ0n) is 14.3. The number of nitriles is 1. The van der Waals surface area contributed by atoms with Crippen LogP contribution in [0.4, 0.5) is 0 Å². The second-order valence-corrected chi connectivity index (χ2v) is 6.43. The Morgan fingerprint density at radius 2 is 1.88 bits per heavy atom. The molecule has 1 aromatic carbocycles. The molecule has 0 saturated carbocycles. The molecule has 0 fully saturated rings. The molecule has 1 atom stereocenters. The molecule has 0 saturated heterocycles. The third kappa shape index (κ3) is 3.09. The zero-order chi connectivity index (χ0) is 18.7. The predicted molar refractivity (Wildman–Crippen MR) is 100 cm³/mol. The maximum Gasteiger partial charge on any atom is 0.342 e. The van der Waals surface area contributed by atoms with E-state index in [9.17, 15) is 14.9 Å². The summed E-state index contributed by atoms with van der Waals surface area (Å²) in [5, 5.41) is 9.43. The van der Waals surface area contributed by atoms with Crippen LogP contribution in [0.1, 0.15) is 34.5 Å². The van der Waals surface area contributed by atoms with Crippen molar-refractivity contribution < 1.29 is 9.53 Å². The van der Waals surface area contributed by atoms with E-state index in [0.29, 0.717) is 10.4 Å². The van der Waals surface area contributed by atoms with Crippen LogP contribution in [0.15, 0.2) is 64.4 Å². The van der Waals surface area contributed by atoms with Gasteiger partial charge in [-0.25, -0.2) is 4.79 Å². The molecule has 1 unspecified atom stereocenters. The summed E-state index contributed by atoms with van der Waals surface area (Å²) in [7, 11) is 0. The van der Waals surface area contributed by atoms with Crippen LogP contribution >= 0.6 is 11.8 Å². The van der Waals surface area contributed by atoms with E-state index in [4.69, 9.17) is 4.74 Å². The SMILES string of the molecule is CSc1c(C#N)c(=O)n2ccccc2c1C(=O)OC(C)c1ccccc1. The summed E-state index contributed by atoms with van der Waals surface area (Å²) in [5.74, 6) is -0.564. The second-order valence-electron chi connectivity index (χ2n) is 5.61. The largest absolute Gasteiger partial charge is 0.454 e. The highest BCUT2D eigenvalue weighted by atomic mass is 32.2. The lowest BCUT2D eigenvalue weighted by Crippen LogP contribution is -2.22. The maximum atomic E-state index is 12.9. The fourth-order valence-corrected chi connectivity index (χ4v) is 3.52. The van der Waals surface area contributed by atoms with E-state index in [1.807, 2.05) is 36.4 Å². The average molecular weight is 364 g/mol. The predicted octanol–water partition coefficient (Wildman–Crippen LogP) is 3.81. The van der Waals surface area contributed by atoms with Crippen LogP contribution in [0.25, 0.3) is 5.52 Å². The quantitative estimate of drug-likeness (QED) is 0.520. The molecule has 0 aliphatic carbocycles. The normalized spacial score (nSPS) is 11.7. The number of rotatable bonds is 4. The van der Waals surface area contributed by atoms with Gasteiger partial charge in [0.1, 0.15) is 17.7 Å². The molecular formula is C20H16N2O3S. The first-order valence-electron chi connectivity index (χ1n) is 7.95. The van der Waals surface area contributed by atoms with Crippen molar-refractivity contribution in [1.82, 2.24) is 4.40 Å². The number of aromatic nitrogens is 1. The van der Waals surface area contributed by atoms with Gasteiger partial charge in [-0.1, -0.05) is 36.4 Å². The van der Waals surface area contributed by atoms with Crippen LogP contribution in [0, 0.1) is 11.3 Å². The summed E-state index contributed by atoms with van der Waals surface area (Å²) in [4.78, 5) is 25.8. The van der Waals surface area contributed by atoms with Crippen molar-refractivity contribution in [2.24, 2.45) is 0 Å². The van der Waals surface area contributed by atoms with E-state index in [1.54, 1.807) is 37.6 Å². The topological polar surface area (TPSA) is 71.6 Å². The molecule has 5 nitrogen and oxygen atoms in total. The highest BCUT2D eigenvalue weighted by molar-refractivity contribution is 7.98. The molecule has 0 aliphatic rings. The first-order valence-corrected chi connectivity index (χ1v) is 9.18. The first-order chi connectivity index (χ1) is 12.6. The lowest BCUT2D eigenvalue weighted by molar-refractivity contribution is 0.0335. The Kier molecular flexibility index (Phi) is 5.10. The summed E-state index contributed by atoms with van der Waals surface area (Å²) in [6.07, 6.45) is 2.81. The number of nitrogens with zero attached hydrogens (tertiary/aromatic N) is 2. The molecule has 0 bridgehead atoms. The van der Waals surface area contributed by atoms with E-state index < -0.39 is 17.6 Å². The van der Waals surface area contributed by atoms with Gasteiger partial charge in [0.2, 0.25) is 0 Å².